The third kappa shape index (κ3) is 5.74. The van der Waals surface area contributed by atoms with Crippen LogP contribution >= 0.6 is 45.7 Å². The van der Waals surface area contributed by atoms with E-state index in [0.29, 0.717) is 36.9 Å². The second kappa shape index (κ2) is 13.5. The minimum absolute atomic E-state index is 0.431. The molecule has 0 atom stereocenters. The normalized spacial score (nSPS) is 12.3. The molecule has 2 nitrogen and oxygen atoms in total. The first-order chi connectivity index (χ1) is 20.1. The fraction of sp³-hybridized carbons (Fsp3) is 0.333. The predicted octanol–water partition coefficient (Wildman–Crippen LogP) is 9.40. The van der Waals surface area contributed by atoms with Crippen LogP contribution in [0.1, 0.15) is 101 Å². The molecule has 6 rings (SSSR count). The molecular formula is C36H40I3N2P. The maximum absolute atomic E-state index is 2.63. The Kier molecular flexibility index (Phi) is 10.4. The molecule has 0 amide bonds. The first-order valence-electron chi connectivity index (χ1n) is 14.8. The summed E-state index contributed by atoms with van der Waals surface area (Å²) in [5.41, 5.74) is 13.9. The Morgan fingerprint density at radius 2 is 1.05 bits per heavy atom. The van der Waals surface area contributed by atoms with Gasteiger partial charge in [-0.3, -0.25) is 0 Å². The molecule has 0 spiro atoms. The summed E-state index contributed by atoms with van der Waals surface area (Å²) in [4.78, 5) is 0. The first-order valence-corrected chi connectivity index (χ1v) is 28.2. The van der Waals surface area contributed by atoms with E-state index in [9.17, 15) is 0 Å². The Bertz CT molecular complexity index is 1580. The van der Waals surface area contributed by atoms with Gasteiger partial charge in [-0.25, -0.2) is 0 Å². The van der Waals surface area contributed by atoms with Gasteiger partial charge in [0.15, 0.2) is 11.4 Å². The maximum atomic E-state index is 2.63. The van der Waals surface area contributed by atoms with Gasteiger partial charge in [-0.2, -0.15) is 8.66 Å². The second-order valence-corrected chi connectivity index (χ2v) is 29.6. The van der Waals surface area contributed by atoms with Crippen LogP contribution in [0.3, 0.4) is 0 Å². The molecule has 0 bridgehead atoms. The third-order valence-corrected chi connectivity index (χ3v) is 9.51. The van der Waals surface area contributed by atoms with Gasteiger partial charge >= 0.3 is 59.0 Å². The molecule has 0 fully saturated rings. The van der Waals surface area contributed by atoms with Crippen LogP contribution in [0.25, 0.3) is 44.7 Å². The Hall–Kier alpha value is -1.03. The molecule has 1 aliphatic rings. The Balaban J connectivity index is 0.00000113. The third-order valence-electron chi connectivity index (χ3n) is 8.35. The van der Waals surface area contributed by atoms with Crippen LogP contribution in [-0.4, -0.2) is 4.33 Å². The van der Waals surface area contributed by atoms with Crippen LogP contribution in [0, 0.1) is 0 Å². The van der Waals surface area contributed by atoms with E-state index in [-0.39, 0.29) is 0 Å². The van der Waals surface area contributed by atoms with Crippen LogP contribution < -0.4 is 17.6 Å². The monoisotopic (exact) mass is 912 g/mol. The van der Waals surface area contributed by atoms with E-state index >= 15 is 0 Å². The summed E-state index contributed by atoms with van der Waals surface area (Å²) < 4.78 is 5.27. The van der Waals surface area contributed by atoms with Crippen LogP contribution in [0.15, 0.2) is 72.8 Å². The van der Waals surface area contributed by atoms with Gasteiger partial charge in [-0.15, -0.1) is 0 Å². The van der Waals surface area contributed by atoms with Gasteiger partial charge in [0, 0.05) is 38.8 Å². The molecule has 0 saturated carbocycles. The van der Waals surface area contributed by atoms with Crippen molar-refractivity contribution in [3.05, 3.63) is 95.1 Å². The number of benzene rings is 4. The summed E-state index contributed by atoms with van der Waals surface area (Å²) in [6.07, 6.45) is 0. The van der Waals surface area contributed by atoms with Crippen molar-refractivity contribution in [2.45, 2.75) is 79.1 Å². The van der Waals surface area contributed by atoms with Crippen LogP contribution in [0.2, 0.25) is 0 Å². The summed E-state index contributed by atoms with van der Waals surface area (Å²) in [6.45, 7) is 18.7. The molecule has 0 aliphatic heterocycles. The number of nitrogens with zero attached hydrogens (tertiary/aromatic N) is 2. The van der Waals surface area contributed by atoms with Gasteiger partial charge < -0.3 is 0 Å². The topological polar surface area (TPSA) is 8.81 Å². The molecular weight excluding hydrogens is 872 g/mol. The van der Waals surface area contributed by atoms with Crippen molar-refractivity contribution in [2.75, 3.05) is 0 Å². The zero-order chi connectivity index (χ0) is 30.3. The Labute approximate surface area is 283 Å². The van der Waals surface area contributed by atoms with Crippen molar-refractivity contribution in [1.82, 2.24) is 4.33 Å². The van der Waals surface area contributed by atoms with Crippen molar-refractivity contribution in [3.8, 4) is 33.9 Å². The Morgan fingerprint density at radius 1 is 0.619 bits per heavy atom. The van der Waals surface area contributed by atoms with Crippen molar-refractivity contribution in [3.63, 3.8) is 0 Å². The summed E-state index contributed by atoms with van der Waals surface area (Å²) >= 11 is 5.30. The molecule has 1 aliphatic carbocycles. The van der Waals surface area contributed by atoms with E-state index in [2.05, 4.69) is 174 Å². The molecule has 220 valence electrons. The zero-order valence-corrected chi connectivity index (χ0v) is 33.1. The van der Waals surface area contributed by atoms with Crippen LogP contribution in [0.5, 0.6) is 0 Å². The van der Waals surface area contributed by atoms with E-state index in [4.69, 9.17) is 0 Å². The summed E-state index contributed by atoms with van der Waals surface area (Å²) in [5.74, 6) is 1.72. The fourth-order valence-corrected chi connectivity index (χ4v) is 7.83. The number of para-hydroxylation sites is 2. The zero-order valence-electron chi connectivity index (χ0n) is 25.7. The fourth-order valence-electron chi connectivity index (χ4n) is 6.42. The average Bonchev–Trinajstić information content (AvgIpc) is 3.50. The molecule has 1 aromatic heterocycles. The van der Waals surface area contributed by atoms with E-state index < -0.39 is 0 Å². The van der Waals surface area contributed by atoms with E-state index in [0.717, 1.165) is 0 Å². The molecule has 42 heavy (non-hydrogen) atoms. The second-order valence-electron chi connectivity index (χ2n) is 12.4. The molecule has 0 unspecified atom stereocenters. The van der Waals surface area contributed by atoms with E-state index in [1.807, 2.05) is 0 Å². The van der Waals surface area contributed by atoms with Crippen LogP contribution in [-0.2, 0) is 0 Å². The molecule has 0 N–H and O–H groups in total. The average molecular weight is 912 g/mol. The van der Waals surface area contributed by atoms with Gasteiger partial charge in [0.1, 0.15) is 11.4 Å². The van der Waals surface area contributed by atoms with Crippen molar-refractivity contribution in [2.24, 2.45) is 0 Å². The SMILES string of the molecule is CC(C)c1cccc(C(C)C)c1-n1p[n+](-c2c(C(C)C)cccc2C(C)C)c2c1-c1cccc3cccc-2c13.I[I-]I. The summed E-state index contributed by atoms with van der Waals surface area (Å²) in [7, 11) is 1.17. The van der Waals surface area contributed by atoms with Crippen molar-refractivity contribution in [1.29, 1.82) is 0 Å². The number of rotatable bonds is 6. The van der Waals surface area contributed by atoms with Gasteiger partial charge in [0.2, 0.25) is 0 Å². The minimum atomic E-state index is 0.431. The van der Waals surface area contributed by atoms with E-state index in [1.54, 1.807) is 0 Å². The number of hydrogen-bond donors (Lipinski definition) is 0. The van der Waals surface area contributed by atoms with Gasteiger partial charge in [0.05, 0.1) is 0 Å². The predicted molar refractivity (Wildman–Crippen MR) is 196 cm³/mol. The van der Waals surface area contributed by atoms with Crippen LogP contribution in [0.4, 0.5) is 0 Å². The Morgan fingerprint density at radius 3 is 1.52 bits per heavy atom. The number of halogens is 3. The van der Waals surface area contributed by atoms with Crippen molar-refractivity contribution < 1.29 is 17.6 Å². The number of fused-ring (bicyclic) bond motifs is 3. The molecule has 4 aromatic carbocycles. The van der Waals surface area contributed by atoms with Gasteiger partial charge in [-0.05, 0) is 41.2 Å². The standard InChI is InChI=1S/C36H40N2P.I3/c1-21(2)26-15-11-16-27(22(3)4)33(26)37-35-30-19-9-13-25-14-10-20-31(32(25)30)36(35)38(39-37)34-28(23(5)6)17-12-18-29(34)24(7)8;1-3-2/h9-24H,1-8H3;/q+1;-1. The quantitative estimate of drug-likeness (QED) is 0.148. The summed E-state index contributed by atoms with van der Waals surface area (Å²) in [5, 5.41) is 2.70. The van der Waals surface area contributed by atoms with E-state index in [1.165, 1.54) is 75.4 Å². The van der Waals surface area contributed by atoms with Gasteiger partial charge in [-0.1, -0.05) is 116 Å². The number of aromatic nitrogens is 2. The molecule has 6 heteroatoms. The molecule has 0 radical (unpaired) electrons. The summed E-state index contributed by atoms with van der Waals surface area (Å²) in [6, 6.07) is 27.5. The van der Waals surface area contributed by atoms with Crippen molar-refractivity contribution >= 4 is 56.5 Å². The molecule has 5 aromatic rings. The molecule has 0 saturated heterocycles. The number of hydrogen-bond acceptors (Lipinski definition) is 0. The first kappa shape index (κ1) is 32.4. The van der Waals surface area contributed by atoms with Gasteiger partial charge in [0.25, 0.3) is 0 Å². The molecule has 1 heterocycles.